The summed E-state index contributed by atoms with van der Waals surface area (Å²) >= 11 is 0.862. The van der Waals surface area contributed by atoms with E-state index >= 15 is 4.39 Å². The Balaban J connectivity index is 1.55. The smallest absolute Gasteiger partial charge is 0.289 e. The first-order chi connectivity index (χ1) is 15.9. The first-order valence-corrected chi connectivity index (χ1v) is 11.6. The van der Waals surface area contributed by atoms with Crippen LogP contribution in [0.1, 0.15) is 0 Å². The van der Waals surface area contributed by atoms with Gasteiger partial charge < -0.3 is 10.3 Å². The van der Waals surface area contributed by atoms with Crippen LogP contribution < -0.4 is 10.0 Å². The second-order valence-corrected chi connectivity index (χ2v) is 9.29. The summed E-state index contributed by atoms with van der Waals surface area (Å²) in [4.78, 5) is 23.2. The molecule has 0 bridgehead atoms. The maximum absolute atomic E-state index is 15.2. The molecule has 0 amide bonds. The third-order valence-electron chi connectivity index (χ3n) is 4.50. The van der Waals surface area contributed by atoms with E-state index in [4.69, 9.17) is 0 Å². The molecular weight excluding hydrogens is 474 g/mol. The number of rotatable bonds is 6. The van der Waals surface area contributed by atoms with Crippen molar-refractivity contribution < 1.29 is 17.2 Å². The molecule has 4 heterocycles. The maximum atomic E-state index is 15.2. The van der Waals surface area contributed by atoms with Gasteiger partial charge in [-0.25, -0.2) is 33.7 Å². The monoisotopic (exact) mass is 486 g/mol. The summed E-state index contributed by atoms with van der Waals surface area (Å²) in [5.74, 6) is -2.01. The summed E-state index contributed by atoms with van der Waals surface area (Å²) in [6.45, 7) is 0. The van der Waals surface area contributed by atoms with Crippen molar-refractivity contribution in [1.29, 1.82) is 0 Å². The summed E-state index contributed by atoms with van der Waals surface area (Å²) in [5, 5.41) is 4.09. The number of hydrogen-bond acceptors (Lipinski definition) is 9. The second kappa shape index (κ2) is 8.14. The number of nitrogens with zero attached hydrogens (tertiary/aromatic N) is 5. The zero-order valence-electron chi connectivity index (χ0n) is 16.3. The molecule has 5 aromatic rings. The SMILES string of the molecule is O=S(=O)(Nc1ccc(F)c(Nc2ncccc2-c2ncnc3nc[nH]c23)c1F)c1nccs1. The van der Waals surface area contributed by atoms with Gasteiger partial charge in [0.25, 0.3) is 10.0 Å². The molecule has 10 nitrogen and oxygen atoms in total. The molecule has 0 aliphatic rings. The predicted molar refractivity (Wildman–Crippen MR) is 117 cm³/mol. The Bertz CT molecular complexity index is 1570. The Morgan fingerprint density at radius 3 is 2.70 bits per heavy atom. The predicted octanol–water partition coefficient (Wildman–Crippen LogP) is 3.69. The summed E-state index contributed by atoms with van der Waals surface area (Å²) < 4.78 is 56.5. The molecule has 1 aromatic carbocycles. The van der Waals surface area contributed by atoms with E-state index in [1.165, 1.54) is 30.4 Å². The first-order valence-electron chi connectivity index (χ1n) is 9.21. The number of H-pyrrole nitrogens is 1. The van der Waals surface area contributed by atoms with Crippen LogP contribution in [-0.2, 0) is 10.0 Å². The van der Waals surface area contributed by atoms with Crippen LogP contribution in [0.15, 0.2) is 59.0 Å². The number of pyridine rings is 1. The lowest BCUT2D eigenvalue weighted by Gasteiger charge is -2.14. The summed E-state index contributed by atoms with van der Waals surface area (Å²) in [6, 6.07) is 5.21. The number of hydrogen-bond donors (Lipinski definition) is 3. The molecule has 4 aromatic heterocycles. The van der Waals surface area contributed by atoms with Crippen molar-refractivity contribution in [3.05, 3.63) is 66.3 Å². The molecule has 5 rings (SSSR count). The van der Waals surface area contributed by atoms with Gasteiger partial charge in [-0.3, -0.25) is 4.72 Å². The number of sulfonamides is 1. The molecule has 0 saturated carbocycles. The van der Waals surface area contributed by atoms with Gasteiger partial charge in [-0.1, -0.05) is 0 Å². The lowest BCUT2D eigenvalue weighted by atomic mass is 10.1. The standard InChI is InChI=1S/C19H12F2N8O2S2/c20-11-3-4-12(29-33(30,31)19-23-6-7-32-19)13(21)15(11)28-17-10(2-1-5-22-17)14-16-18(26-8-24-14)27-9-25-16/h1-9,29H,(H,22,28)(H,24,25,26,27). The van der Waals surface area contributed by atoms with Gasteiger partial charge >= 0.3 is 0 Å². The van der Waals surface area contributed by atoms with E-state index in [1.807, 2.05) is 0 Å². The van der Waals surface area contributed by atoms with Crippen LogP contribution in [0.2, 0.25) is 0 Å². The fraction of sp³-hybridized carbons (Fsp3) is 0. The van der Waals surface area contributed by atoms with E-state index in [9.17, 15) is 12.8 Å². The van der Waals surface area contributed by atoms with Gasteiger partial charge in [0.1, 0.15) is 34.9 Å². The van der Waals surface area contributed by atoms with Gasteiger partial charge in [-0.15, -0.1) is 11.3 Å². The van der Waals surface area contributed by atoms with E-state index in [2.05, 4.69) is 39.9 Å². The van der Waals surface area contributed by atoms with Gasteiger partial charge in [0.2, 0.25) is 4.34 Å². The number of imidazole rings is 1. The fourth-order valence-corrected chi connectivity index (χ4v) is 4.95. The Morgan fingerprint density at radius 1 is 1.00 bits per heavy atom. The molecule has 14 heteroatoms. The van der Waals surface area contributed by atoms with Gasteiger partial charge in [0.05, 0.1) is 12.0 Å². The normalized spacial score (nSPS) is 11.6. The van der Waals surface area contributed by atoms with Gasteiger partial charge in [-0.05, 0) is 24.3 Å². The van der Waals surface area contributed by atoms with Crippen molar-refractivity contribution in [3.8, 4) is 11.3 Å². The zero-order chi connectivity index (χ0) is 23.0. The zero-order valence-corrected chi connectivity index (χ0v) is 18.0. The van der Waals surface area contributed by atoms with Crippen LogP contribution >= 0.6 is 11.3 Å². The number of halogens is 2. The highest BCUT2D eigenvalue weighted by Gasteiger charge is 2.23. The fourth-order valence-electron chi connectivity index (χ4n) is 3.06. The molecule has 0 aliphatic heterocycles. The van der Waals surface area contributed by atoms with Crippen molar-refractivity contribution in [2.45, 2.75) is 4.34 Å². The summed E-state index contributed by atoms with van der Waals surface area (Å²) in [5.41, 5.74) is 0.704. The number of thiazole rings is 1. The molecule has 0 unspecified atom stereocenters. The highest BCUT2D eigenvalue weighted by atomic mass is 32.2. The van der Waals surface area contributed by atoms with Crippen LogP contribution in [-0.4, -0.2) is 38.3 Å². The third-order valence-corrected chi connectivity index (χ3v) is 7.07. The van der Waals surface area contributed by atoms with Crippen molar-refractivity contribution in [1.82, 2.24) is 29.9 Å². The molecular formula is C19H12F2N8O2S2. The van der Waals surface area contributed by atoms with E-state index in [0.717, 1.165) is 23.5 Å². The first kappa shape index (κ1) is 20.8. The maximum Gasteiger partial charge on any atom is 0.289 e. The van der Waals surface area contributed by atoms with E-state index < -0.39 is 33.0 Å². The quantitative estimate of drug-likeness (QED) is 0.330. The second-order valence-electron chi connectivity index (χ2n) is 6.54. The summed E-state index contributed by atoms with van der Waals surface area (Å²) in [6.07, 6.45) is 5.50. The molecule has 0 radical (unpaired) electrons. The van der Waals surface area contributed by atoms with Crippen molar-refractivity contribution in [2.24, 2.45) is 0 Å². The number of aromatic amines is 1. The lowest BCUT2D eigenvalue weighted by Crippen LogP contribution is -2.14. The molecule has 0 saturated heterocycles. The van der Waals surface area contributed by atoms with Gasteiger partial charge in [0, 0.05) is 23.3 Å². The van der Waals surface area contributed by atoms with Crippen molar-refractivity contribution >= 4 is 49.7 Å². The van der Waals surface area contributed by atoms with Crippen LogP contribution in [0.4, 0.5) is 26.0 Å². The van der Waals surface area contributed by atoms with Crippen molar-refractivity contribution in [2.75, 3.05) is 10.0 Å². The third kappa shape index (κ3) is 3.85. The van der Waals surface area contributed by atoms with Crippen LogP contribution in [0.25, 0.3) is 22.4 Å². The molecule has 33 heavy (non-hydrogen) atoms. The minimum absolute atomic E-state index is 0.0878. The molecule has 0 atom stereocenters. The summed E-state index contributed by atoms with van der Waals surface area (Å²) in [7, 11) is -4.14. The number of nitrogens with one attached hydrogen (secondary N) is 3. The lowest BCUT2D eigenvalue weighted by molar-refractivity contribution is 0.588. The Hall–Kier alpha value is -4.04. The average molecular weight is 486 g/mol. The topological polar surface area (TPSA) is 138 Å². The largest absolute Gasteiger partial charge is 0.341 e. The van der Waals surface area contributed by atoms with Crippen molar-refractivity contribution in [3.63, 3.8) is 0 Å². The van der Waals surface area contributed by atoms with Crippen LogP contribution in [0.5, 0.6) is 0 Å². The molecule has 166 valence electrons. The minimum Gasteiger partial charge on any atom is -0.341 e. The van der Waals surface area contributed by atoms with Gasteiger partial charge in [0.15, 0.2) is 11.5 Å². The molecule has 0 spiro atoms. The van der Waals surface area contributed by atoms with Gasteiger partial charge in [-0.2, -0.15) is 8.42 Å². The Kier molecular flexibility index (Phi) is 5.14. The van der Waals surface area contributed by atoms with E-state index in [-0.39, 0.29) is 10.2 Å². The van der Waals surface area contributed by atoms with E-state index in [0.29, 0.717) is 22.4 Å². The molecule has 0 fully saturated rings. The van der Waals surface area contributed by atoms with Crippen LogP contribution in [0, 0.1) is 11.6 Å². The minimum atomic E-state index is -4.14. The highest BCUT2D eigenvalue weighted by Crippen LogP contribution is 2.34. The number of benzene rings is 1. The Morgan fingerprint density at radius 2 is 1.88 bits per heavy atom. The highest BCUT2D eigenvalue weighted by molar-refractivity contribution is 7.94. The number of fused-ring (bicyclic) bond motifs is 1. The number of anilines is 3. The average Bonchev–Trinajstić information content (AvgIpc) is 3.51. The molecule has 3 N–H and O–H groups in total. The number of aromatic nitrogens is 6. The Labute approximate surface area is 188 Å². The van der Waals surface area contributed by atoms with E-state index in [1.54, 1.807) is 12.1 Å². The molecule has 0 aliphatic carbocycles. The van der Waals surface area contributed by atoms with Crippen LogP contribution in [0.3, 0.4) is 0 Å².